The van der Waals surface area contributed by atoms with Gasteiger partial charge in [0.05, 0.1) is 0 Å². The van der Waals surface area contributed by atoms with E-state index in [-0.39, 0.29) is 11.9 Å². The van der Waals surface area contributed by atoms with Crippen LogP contribution in [-0.2, 0) is 14.3 Å². The van der Waals surface area contributed by atoms with Gasteiger partial charge in [-0.05, 0) is 43.9 Å². The Bertz CT molecular complexity index is 512. The van der Waals surface area contributed by atoms with Crippen LogP contribution in [0.2, 0.25) is 5.02 Å². The molecule has 0 heterocycles. The molecule has 2 rings (SSSR count). The molecule has 1 amide bonds. The van der Waals surface area contributed by atoms with Crippen molar-refractivity contribution in [3.05, 3.63) is 29.3 Å². The number of esters is 1. The van der Waals surface area contributed by atoms with Crippen molar-refractivity contribution in [3.8, 4) is 0 Å². The average Bonchev–Trinajstić information content (AvgIpc) is 2.91. The van der Waals surface area contributed by atoms with E-state index in [2.05, 4.69) is 5.32 Å². The predicted octanol–water partition coefficient (Wildman–Crippen LogP) is 3.79. The van der Waals surface area contributed by atoms with E-state index in [1.165, 1.54) is 12.8 Å². The zero-order chi connectivity index (χ0) is 15.2. The number of benzene rings is 1. The maximum Gasteiger partial charge on any atom is 0.306 e. The Balaban J connectivity index is 1.80. The molecular formula is C16H20ClNO3. The minimum Gasteiger partial charge on any atom is -0.453 e. The highest BCUT2D eigenvalue weighted by atomic mass is 35.5. The summed E-state index contributed by atoms with van der Waals surface area (Å²) in [5.74, 6) is -0.228. The summed E-state index contributed by atoms with van der Waals surface area (Å²) < 4.78 is 5.19. The summed E-state index contributed by atoms with van der Waals surface area (Å²) in [4.78, 5) is 23.8. The first-order valence-corrected chi connectivity index (χ1v) is 7.68. The van der Waals surface area contributed by atoms with E-state index in [0.29, 0.717) is 23.0 Å². The summed E-state index contributed by atoms with van der Waals surface area (Å²) >= 11 is 5.85. The van der Waals surface area contributed by atoms with Gasteiger partial charge in [-0.25, -0.2) is 0 Å². The van der Waals surface area contributed by atoms with Crippen molar-refractivity contribution in [1.29, 1.82) is 0 Å². The van der Waals surface area contributed by atoms with E-state index in [4.69, 9.17) is 16.3 Å². The fraction of sp³-hybridized carbons (Fsp3) is 0.500. The van der Waals surface area contributed by atoms with Crippen molar-refractivity contribution in [3.63, 3.8) is 0 Å². The number of amides is 1. The Morgan fingerprint density at radius 3 is 2.76 bits per heavy atom. The molecule has 114 valence electrons. The quantitative estimate of drug-likeness (QED) is 0.842. The highest BCUT2D eigenvalue weighted by Gasteiger charge is 2.23. The summed E-state index contributed by atoms with van der Waals surface area (Å²) in [6, 6.07) is 6.85. The molecule has 1 aromatic rings. The molecule has 1 N–H and O–H groups in total. The van der Waals surface area contributed by atoms with Crippen LogP contribution in [0.3, 0.4) is 0 Å². The van der Waals surface area contributed by atoms with Gasteiger partial charge in [0.2, 0.25) is 0 Å². The first-order chi connectivity index (χ1) is 10.0. The molecular weight excluding hydrogens is 290 g/mol. The van der Waals surface area contributed by atoms with Crippen molar-refractivity contribution < 1.29 is 14.3 Å². The first kappa shape index (κ1) is 15.8. The Morgan fingerprint density at radius 2 is 2.10 bits per heavy atom. The van der Waals surface area contributed by atoms with Crippen LogP contribution < -0.4 is 5.32 Å². The lowest BCUT2D eigenvalue weighted by Gasteiger charge is -2.15. The van der Waals surface area contributed by atoms with Gasteiger partial charge in [0, 0.05) is 17.1 Å². The molecule has 5 heteroatoms. The number of ether oxygens (including phenoxy) is 1. The van der Waals surface area contributed by atoms with Crippen LogP contribution in [0.1, 0.15) is 39.0 Å². The third-order valence-corrected chi connectivity index (χ3v) is 3.93. The summed E-state index contributed by atoms with van der Waals surface area (Å²) in [6.07, 6.45) is 4.13. The molecule has 0 aromatic heterocycles. The maximum atomic E-state index is 12.0. The van der Waals surface area contributed by atoms with Gasteiger partial charge in [-0.3, -0.25) is 9.59 Å². The minimum absolute atomic E-state index is 0.296. The molecule has 0 radical (unpaired) electrons. The first-order valence-electron chi connectivity index (χ1n) is 7.30. The molecule has 0 spiro atoms. The lowest BCUT2D eigenvalue weighted by molar-refractivity contribution is -0.154. The normalized spacial score (nSPS) is 16.5. The summed E-state index contributed by atoms with van der Waals surface area (Å²) in [7, 11) is 0. The van der Waals surface area contributed by atoms with Crippen molar-refractivity contribution in [1.82, 2.24) is 0 Å². The van der Waals surface area contributed by atoms with E-state index in [9.17, 15) is 9.59 Å². The lowest BCUT2D eigenvalue weighted by Crippen LogP contribution is -2.30. The van der Waals surface area contributed by atoms with Crippen LogP contribution in [0.15, 0.2) is 24.3 Å². The van der Waals surface area contributed by atoms with E-state index in [1.54, 1.807) is 31.2 Å². The highest BCUT2D eigenvalue weighted by molar-refractivity contribution is 6.30. The number of hydrogen-bond acceptors (Lipinski definition) is 3. The molecule has 1 saturated carbocycles. The molecule has 0 bridgehead atoms. The molecule has 21 heavy (non-hydrogen) atoms. The van der Waals surface area contributed by atoms with E-state index < -0.39 is 6.10 Å². The second-order valence-electron chi connectivity index (χ2n) is 5.49. The standard InChI is InChI=1S/C16H20ClNO3/c1-11(21-15(19)9-12-5-2-3-6-12)16(20)18-14-8-4-7-13(17)10-14/h4,7-8,10-12H,2-3,5-6,9H2,1H3,(H,18,20)/t11-/m0/s1. The second-order valence-corrected chi connectivity index (χ2v) is 5.92. The summed E-state index contributed by atoms with van der Waals surface area (Å²) in [5.41, 5.74) is 0.589. The zero-order valence-electron chi connectivity index (χ0n) is 12.1. The van der Waals surface area contributed by atoms with E-state index in [1.807, 2.05) is 0 Å². The molecule has 1 aromatic carbocycles. The highest BCUT2D eigenvalue weighted by Crippen LogP contribution is 2.27. The molecule has 1 aliphatic rings. The van der Waals surface area contributed by atoms with Crippen LogP contribution >= 0.6 is 11.6 Å². The second kappa shape index (κ2) is 7.46. The SMILES string of the molecule is C[C@H](OC(=O)CC1CCCC1)C(=O)Nc1cccc(Cl)c1. The Morgan fingerprint density at radius 1 is 1.38 bits per heavy atom. The minimum atomic E-state index is -0.808. The number of halogens is 1. The van der Waals surface area contributed by atoms with Crippen LogP contribution in [0.4, 0.5) is 5.69 Å². The molecule has 1 atom stereocenters. The fourth-order valence-corrected chi connectivity index (χ4v) is 2.75. The Labute approximate surface area is 129 Å². The third-order valence-electron chi connectivity index (χ3n) is 3.70. The monoisotopic (exact) mass is 309 g/mol. The smallest absolute Gasteiger partial charge is 0.306 e. The van der Waals surface area contributed by atoms with Gasteiger partial charge in [-0.1, -0.05) is 30.5 Å². The largest absolute Gasteiger partial charge is 0.453 e. The van der Waals surface area contributed by atoms with Gasteiger partial charge in [0.15, 0.2) is 6.10 Å². The number of nitrogens with one attached hydrogen (secondary N) is 1. The molecule has 0 unspecified atom stereocenters. The van der Waals surface area contributed by atoms with Crippen molar-refractivity contribution in [2.45, 2.75) is 45.1 Å². The van der Waals surface area contributed by atoms with Crippen LogP contribution in [-0.4, -0.2) is 18.0 Å². The van der Waals surface area contributed by atoms with Crippen molar-refractivity contribution >= 4 is 29.2 Å². The van der Waals surface area contributed by atoms with Gasteiger partial charge in [0.25, 0.3) is 5.91 Å². The number of carbonyl (C=O) groups is 2. The maximum absolute atomic E-state index is 12.0. The molecule has 0 aliphatic heterocycles. The van der Waals surface area contributed by atoms with Crippen LogP contribution in [0.5, 0.6) is 0 Å². The van der Waals surface area contributed by atoms with Gasteiger partial charge < -0.3 is 10.1 Å². The third kappa shape index (κ3) is 5.05. The molecule has 4 nitrogen and oxygen atoms in total. The number of carbonyl (C=O) groups excluding carboxylic acids is 2. The summed E-state index contributed by atoms with van der Waals surface area (Å²) in [6.45, 7) is 1.58. The molecule has 0 saturated heterocycles. The Kier molecular flexibility index (Phi) is 5.62. The van der Waals surface area contributed by atoms with Crippen LogP contribution in [0.25, 0.3) is 0 Å². The fourth-order valence-electron chi connectivity index (χ4n) is 2.56. The van der Waals surface area contributed by atoms with Crippen molar-refractivity contribution in [2.24, 2.45) is 5.92 Å². The summed E-state index contributed by atoms with van der Waals surface area (Å²) in [5, 5.41) is 3.22. The number of anilines is 1. The van der Waals surface area contributed by atoms with E-state index >= 15 is 0 Å². The van der Waals surface area contributed by atoms with Crippen LogP contribution in [0, 0.1) is 5.92 Å². The predicted molar refractivity (Wildman–Crippen MR) is 82.2 cm³/mol. The van der Waals surface area contributed by atoms with E-state index in [0.717, 1.165) is 12.8 Å². The van der Waals surface area contributed by atoms with Gasteiger partial charge in [0.1, 0.15) is 0 Å². The van der Waals surface area contributed by atoms with Gasteiger partial charge in [-0.15, -0.1) is 0 Å². The topological polar surface area (TPSA) is 55.4 Å². The lowest BCUT2D eigenvalue weighted by atomic mass is 10.0. The van der Waals surface area contributed by atoms with Crippen molar-refractivity contribution in [2.75, 3.05) is 5.32 Å². The molecule has 1 aliphatic carbocycles. The average molecular weight is 310 g/mol. The number of hydrogen-bond donors (Lipinski definition) is 1. The zero-order valence-corrected chi connectivity index (χ0v) is 12.9. The van der Waals surface area contributed by atoms with Gasteiger partial charge >= 0.3 is 5.97 Å². The van der Waals surface area contributed by atoms with Gasteiger partial charge in [-0.2, -0.15) is 0 Å². The Hall–Kier alpha value is -1.55. The molecule has 1 fully saturated rings. The number of rotatable bonds is 5.